The first-order valence-corrected chi connectivity index (χ1v) is 7.10. The summed E-state index contributed by atoms with van der Waals surface area (Å²) >= 11 is 0. The van der Waals surface area contributed by atoms with Gasteiger partial charge in [-0.1, -0.05) is 42.0 Å². The molecular formula is C18H23NO. The molecule has 2 aromatic carbocycles. The summed E-state index contributed by atoms with van der Waals surface area (Å²) in [5.74, 6) is 0.348. The maximum Gasteiger partial charge on any atom is 0.120 e. The van der Waals surface area contributed by atoms with Crippen LogP contribution >= 0.6 is 0 Å². The van der Waals surface area contributed by atoms with Gasteiger partial charge in [0.2, 0.25) is 0 Å². The van der Waals surface area contributed by atoms with Crippen molar-refractivity contribution in [2.24, 2.45) is 0 Å². The number of aryl methyl sites for hydroxylation is 2. The van der Waals surface area contributed by atoms with E-state index < -0.39 is 0 Å². The molecule has 0 saturated carbocycles. The van der Waals surface area contributed by atoms with Crippen molar-refractivity contribution < 1.29 is 5.11 Å². The van der Waals surface area contributed by atoms with Crippen LogP contribution in [-0.2, 0) is 0 Å². The topological polar surface area (TPSA) is 32.3 Å². The molecule has 2 nitrogen and oxygen atoms in total. The molecule has 2 aromatic rings. The highest BCUT2D eigenvalue weighted by Crippen LogP contribution is 2.27. The van der Waals surface area contributed by atoms with Gasteiger partial charge in [-0.15, -0.1) is 0 Å². The number of nitrogens with one attached hydrogen (secondary N) is 1. The minimum atomic E-state index is 0.104. The Kier molecular flexibility index (Phi) is 4.46. The Morgan fingerprint density at radius 3 is 2.20 bits per heavy atom. The third-order valence-electron chi connectivity index (χ3n) is 3.80. The van der Waals surface area contributed by atoms with Crippen LogP contribution < -0.4 is 5.32 Å². The standard InChI is InChI=1S/C18H23NO/c1-12-9-10-16(13(2)11-12)14(3)19-15(4)17-7-5-6-8-18(17)20/h5-11,14-15,19-20H,1-4H3. The van der Waals surface area contributed by atoms with Gasteiger partial charge in [0.05, 0.1) is 0 Å². The molecule has 2 unspecified atom stereocenters. The van der Waals surface area contributed by atoms with E-state index in [0.29, 0.717) is 5.75 Å². The molecule has 0 saturated heterocycles. The molecule has 0 bridgehead atoms. The molecule has 106 valence electrons. The molecule has 0 spiro atoms. The third-order valence-corrected chi connectivity index (χ3v) is 3.80. The number of phenols is 1. The molecule has 0 radical (unpaired) electrons. The molecule has 2 heteroatoms. The van der Waals surface area contributed by atoms with Crippen molar-refractivity contribution >= 4 is 0 Å². The van der Waals surface area contributed by atoms with Crippen LogP contribution in [0.2, 0.25) is 0 Å². The van der Waals surface area contributed by atoms with Crippen molar-refractivity contribution in [2.75, 3.05) is 0 Å². The largest absolute Gasteiger partial charge is 0.508 e. The van der Waals surface area contributed by atoms with E-state index in [-0.39, 0.29) is 12.1 Å². The van der Waals surface area contributed by atoms with Gasteiger partial charge in [0.25, 0.3) is 0 Å². The fourth-order valence-corrected chi connectivity index (χ4v) is 2.72. The predicted octanol–water partition coefficient (Wildman–Crippen LogP) is 4.42. The van der Waals surface area contributed by atoms with Gasteiger partial charge < -0.3 is 10.4 Å². The lowest BCUT2D eigenvalue weighted by Crippen LogP contribution is -2.23. The minimum Gasteiger partial charge on any atom is -0.508 e. The van der Waals surface area contributed by atoms with Crippen molar-refractivity contribution in [1.29, 1.82) is 0 Å². The fraction of sp³-hybridized carbons (Fsp3) is 0.333. The number of hydrogen-bond acceptors (Lipinski definition) is 2. The SMILES string of the molecule is Cc1ccc(C(C)NC(C)c2ccccc2O)c(C)c1. The van der Waals surface area contributed by atoms with Gasteiger partial charge in [0.1, 0.15) is 5.75 Å². The summed E-state index contributed by atoms with van der Waals surface area (Å²) < 4.78 is 0. The normalized spacial score (nSPS) is 14.0. The average molecular weight is 269 g/mol. The van der Waals surface area contributed by atoms with Crippen molar-refractivity contribution in [3.8, 4) is 5.75 Å². The van der Waals surface area contributed by atoms with E-state index in [0.717, 1.165) is 5.56 Å². The first kappa shape index (κ1) is 14.6. The zero-order valence-electron chi connectivity index (χ0n) is 12.6. The van der Waals surface area contributed by atoms with Crippen LogP contribution in [-0.4, -0.2) is 5.11 Å². The number of para-hydroxylation sites is 1. The highest BCUT2D eigenvalue weighted by Gasteiger charge is 2.14. The lowest BCUT2D eigenvalue weighted by Gasteiger charge is -2.23. The highest BCUT2D eigenvalue weighted by molar-refractivity contribution is 5.36. The number of hydrogen-bond donors (Lipinski definition) is 2. The third kappa shape index (κ3) is 3.20. The van der Waals surface area contributed by atoms with E-state index >= 15 is 0 Å². The second kappa shape index (κ2) is 6.10. The minimum absolute atomic E-state index is 0.104. The summed E-state index contributed by atoms with van der Waals surface area (Å²) in [7, 11) is 0. The summed E-state index contributed by atoms with van der Waals surface area (Å²) in [6.45, 7) is 8.49. The number of phenolic OH excluding ortho intramolecular Hbond substituents is 1. The summed E-state index contributed by atoms with van der Waals surface area (Å²) in [6, 6.07) is 14.4. The number of rotatable bonds is 4. The molecule has 0 aliphatic carbocycles. The predicted molar refractivity (Wildman–Crippen MR) is 84.0 cm³/mol. The van der Waals surface area contributed by atoms with Crippen LogP contribution in [0, 0.1) is 13.8 Å². The van der Waals surface area contributed by atoms with Crippen LogP contribution in [0.4, 0.5) is 0 Å². The van der Waals surface area contributed by atoms with Gasteiger partial charge in [0, 0.05) is 17.6 Å². The van der Waals surface area contributed by atoms with Gasteiger partial charge in [-0.05, 0) is 44.9 Å². The summed E-state index contributed by atoms with van der Waals surface area (Å²) in [5, 5.41) is 13.5. The molecule has 20 heavy (non-hydrogen) atoms. The molecule has 2 atom stereocenters. The fourth-order valence-electron chi connectivity index (χ4n) is 2.72. The first-order chi connectivity index (χ1) is 9.49. The summed E-state index contributed by atoms with van der Waals surface area (Å²) in [4.78, 5) is 0. The van der Waals surface area contributed by atoms with E-state index in [1.54, 1.807) is 6.07 Å². The van der Waals surface area contributed by atoms with Crippen LogP contribution in [0.15, 0.2) is 42.5 Å². The van der Waals surface area contributed by atoms with Gasteiger partial charge in [-0.25, -0.2) is 0 Å². The van der Waals surface area contributed by atoms with Crippen LogP contribution in [0.3, 0.4) is 0 Å². The van der Waals surface area contributed by atoms with Crippen molar-refractivity contribution in [1.82, 2.24) is 5.32 Å². The zero-order chi connectivity index (χ0) is 14.7. The molecule has 0 aliphatic heterocycles. The van der Waals surface area contributed by atoms with E-state index in [1.165, 1.54) is 16.7 Å². The number of benzene rings is 2. The molecule has 0 aromatic heterocycles. The lowest BCUT2D eigenvalue weighted by molar-refractivity contribution is 0.438. The Morgan fingerprint density at radius 2 is 1.55 bits per heavy atom. The van der Waals surface area contributed by atoms with E-state index in [1.807, 2.05) is 18.2 Å². The van der Waals surface area contributed by atoms with Gasteiger partial charge in [0.15, 0.2) is 0 Å². The quantitative estimate of drug-likeness (QED) is 0.861. The lowest BCUT2D eigenvalue weighted by atomic mass is 9.98. The summed E-state index contributed by atoms with van der Waals surface area (Å²) in [5.41, 5.74) is 4.82. The van der Waals surface area contributed by atoms with Crippen molar-refractivity contribution in [3.63, 3.8) is 0 Å². The average Bonchev–Trinajstić information content (AvgIpc) is 2.38. The molecule has 2 rings (SSSR count). The maximum atomic E-state index is 9.92. The Bertz CT molecular complexity index is 592. The van der Waals surface area contributed by atoms with Crippen molar-refractivity contribution in [3.05, 3.63) is 64.7 Å². The molecule has 0 amide bonds. The molecule has 0 fully saturated rings. The molecular weight excluding hydrogens is 246 g/mol. The molecule has 0 heterocycles. The monoisotopic (exact) mass is 269 g/mol. The smallest absolute Gasteiger partial charge is 0.120 e. The first-order valence-electron chi connectivity index (χ1n) is 7.10. The highest BCUT2D eigenvalue weighted by atomic mass is 16.3. The van der Waals surface area contributed by atoms with Crippen LogP contribution in [0.5, 0.6) is 5.75 Å². The zero-order valence-corrected chi connectivity index (χ0v) is 12.6. The summed E-state index contributed by atoms with van der Waals surface area (Å²) in [6.07, 6.45) is 0. The second-order valence-corrected chi connectivity index (χ2v) is 5.53. The van der Waals surface area contributed by atoms with Gasteiger partial charge in [-0.3, -0.25) is 0 Å². The Hall–Kier alpha value is -1.80. The van der Waals surface area contributed by atoms with Gasteiger partial charge >= 0.3 is 0 Å². The molecule has 0 aliphatic rings. The van der Waals surface area contributed by atoms with E-state index in [9.17, 15) is 5.11 Å². The Labute approximate surface area is 121 Å². The van der Waals surface area contributed by atoms with Crippen LogP contribution in [0.25, 0.3) is 0 Å². The van der Waals surface area contributed by atoms with Crippen LogP contribution in [0.1, 0.15) is 48.2 Å². The van der Waals surface area contributed by atoms with Gasteiger partial charge in [-0.2, -0.15) is 0 Å². The Balaban J connectivity index is 2.15. The Morgan fingerprint density at radius 1 is 0.900 bits per heavy atom. The number of aromatic hydroxyl groups is 1. The molecule has 2 N–H and O–H groups in total. The second-order valence-electron chi connectivity index (χ2n) is 5.53. The van der Waals surface area contributed by atoms with Crippen molar-refractivity contribution in [2.45, 2.75) is 39.8 Å². The van der Waals surface area contributed by atoms with E-state index in [2.05, 4.69) is 51.2 Å². The van der Waals surface area contributed by atoms with E-state index in [4.69, 9.17) is 0 Å². The maximum absolute atomic E-state index is 9.92.